The summed E-state index contributed by atoms with van der Waals surface area (Å²) in [7, 11) is 0. The molecule has 0 aromatic carbocycles. The number of nitrogens with one attached hydrogen (secondary N) is 1. The number of nitrogens with zero attached hydrogens (tertiary/aromatic N) is 1. The van der Waals surface area contributed by atoms with Gasteiger partial charge in [-0.15, -0.1) is 0 Å². The number of rotatable bonds is 4. The Morgan fingerprint density at radius 3 is 3.06 bits per heavy atom. The summed E-state index contributed by atoms with van der Waals surface area (Å²) >= 11 is 1.59. The van der Waals surface area contributed by atoms with Gasteiger partial charge in [0.1, 0.15) is 11.4 Å². The molecule has 0 spiro atoms. The zero-order chi connectivity index (χ0) is 12.3. The summed E-state index contributed by atoms with van der Waals surface area (Å²) in [4.78, 5) is 15.0. The van der Waals surface area contributed by atoms with Crippen molar-refractivity contribution in [1.82, 2.24) is 4.98 Å². The van der Waals surface area contributed by atoms with Crippen molar-refractivity contribution in [2.24, 2.45) is 0 Å². The van der Waals surface area contributed by atoms with E-state index in [-0.39, 0.29) is 5.56 Å². The van der Waals surface area contributed by atoms with Crippen molar-refractivity contribution in [3.8, 4) is 0 Å². The van der Waals surface area contributed by atoms with Crippen molar-refractivity contribution < 1.29 is 9.90 Å². The molecule has 88 valence electrons. The molecule has 0 bridgehead atoms. The highest BCUT2D eigenvalue weighted by atomic mass is 32.1. The van der Waals surface area contributed by atoms with E-state index in [1.54, 1.807) is 11.3 Å². The number of anilines is 2. The van der Waals surface area contributed by atoms with Crippen LogP contribution in [0.5, 0.6) is 0 Å². The molecule has 0 aliphatic rings. The Hall–Kier alpha value is -2.08. The average molecular weight is 249 g/mol. The SMILES string of the molecule is Nc1cnc(NCc2ccsc2)c(C(=O)O)c1. The molecule has 0 radical (unpaired) electrons. The van der Waals surface area contributed by atoms with Crippen LogP contribution in [-0.2, 0) is 6.54 Å². The van der Waals surface area contributed by atoms with Gasteiger partial charge < -0.3 is 16.2 Å². The third-order valence-electron chi connectivity index (χ3n) is 2.18. The van der Waals surface area contributed by atoms with Gasteiger partial charge in [-0.2, -0.15) is 11.3 Å². The van der Waals surface area contributed by atoms with E-state index in [9.17, 15) is 4.79 Å². The number of thiophene rings is 1. The number of hydrogen-bond acceptors (Lipinski definition) is 5. The first-order valence-electron chi connectivity index (χ1n) is 4.90. The van der Waals surface area contributed by atoms with Crippen LogP contribution in [0.2, 0.25) is 0 Å². The second-order valence-electron chi connectivity index (χ2n) is 3.46. The maximum absolute atomic E-state index is 11.0. The number of aromatic carboxylic acids is 1. The molecule has 0 fully saturated rings. The van der Waals surface area contributed by atoms with Gasteiger partial charge in [-0.1, -0.05) is 0 Å². The summed E-state index contributed by atoms with van der Waals surface area (Å²) in [5.74, 6) is -0.712. The molecule has 0 atom stereocenters. The van der Waals surface area contributed by atoms with Crippen LogP contribution in [0, 0.1) is 0 Å². The van der Waals surface area contributed by atoms with E-state index in [1.807, 2.05) is 16.8 Å². The zero-order valence-electron chi connectivity index (χ0n) is 8.88. The molecular weight excluding hydrogens is 238 g/mol. The third-order valence-corrected chi connectivity index (χ3v) is 2.91. The Balaban J connectivity index is 2.17. The summed E-state index contributed by atoms with van der Waals surface area (Å²) in [5, 5.41) is 16.0. The highest BCUT2D eigenvalue weighted by Crippen LogP contribution is 2.17. The highest BCUT2D eigenvalue weighted by Gasteiger charge is 2.11. The Bertz CT molecular complexity index is 526. The van der Waals surface area contributed by atoms with Crippen molar-refractivity contribution in [2.75, 3.05) is 11.1 Å². The quantitative estimate of drug-likeness (QED) is 0.771. The molecule has 2 heterocycles. The van der Waals surface area contributed by atoms with Gasteiger partial charge in [0, 0.05) is 6.54 Å². The van der Waals surface area contributed by atoms with Crippen LogP contribution < -0.4 is 11.1 Å². The van der Waals surface area contributed by atoms with Crippen molar-refractivity contribution in [3.05, 3.63) is 40.2 Å². The van der Waals surface area contributed by atoms with Gasteiger partial charge >= 0.3 is 5.97 Å². The molecule has 4 N–H and O–H groups in total. The molecule has 2 aromatic heterocycles. The molecule has 5 nitrogen and oxygen atoms in total. The van der Waals surface area contributed by atoms with Crippen LogP contribution in [0.25, 0.3) is 0 Å². The lowest BCUT2D eigenvalue weighted by Gasteiger charge is -2.08. The first kappa shape index (κ1) is 11.4. The molecule has 0 saturated carbocycles. The van der Waals surface area contributed by atoms with E-state index < -0.39 is 5.97 Å². The molecule has 0 amide bonds. The minimum absolute atomic E-state index is 0.0835. The van der Waals surface area contributed by atoms with Gasteiger partial charge in [-0.05, 0) is 28.5 Å². The van der Waals surface area contributed by atoms with Gasteiger partial charge in [-0.3, -0.25) is 0 Å². The number of pyridine rings is 1. The smallest absolute Gasteiger partial charge is 0.339 e. The van der Waals surface area contributed by atoms with Gasteiger partial charge in [0.15, 0.2) is 0 Å². The Morgan fingerprint density at radius 1 is 1.59 bits per heavy atom. The van der Waals surface area contributed by atoms with Crippen LogP contribution in [0.1, 0.15) is 15.9 Å². The summed E-state index contributed by atoms with van der Waals surface area (Å²) < 4.78 is 0. The standard InChI is InChI=1S/C11H11N3O2S/c12-8-3-9(11(15)16)10(14-5-8)13-4-7-1-2-17-6-7/h1-3,5-6H,4,12H2,(H,13,14)(H,15,16). The van der Waals surface area contributed by atoms with E-state index in [2.05, 4.69) is 10.3 Å². The summed E-state index contributed by atoms with van der Waals surface area (Å²) in [6.45, 7) is 0.542. The van der Waals surface area contributed by atoms with Gasteiger partial charge in [0.25, 0.3) is 0 Å². The predicted molar refractivity (Wildman–Crippen MR) is 67.3 cm³/mol. The molecule has 0 aliphatic heterocycles. The first-order valence-corrected chi connectivity index (χ1v) is 5.85. The molecule has 0 aliphatic carbocycles. The van der Waals surface area contributed by atoms with E-state index in [1.165, 1.54) is 12.3 Å². The normalized spacial score (nSPS) is 10.1. The van der Waals surface area contributed by atoms with E-state index in [0.29, 0.717) is 18.1 Å². The second kappa shape index (κ2) is 4.84. The average Bonchev–Trinajstić information content (AvgIpc) is 2.80. The minimum atomic E-state index is -1.04. The minimum Gasteiger partial charge on any atom is -0.478 e. The van der Waals surface area contributed by atoms with Crippen LogP contribution in [-0.4, -0.2) is 16.1 Å². The lowest BCUT2D eigenvalue weighted by molar-refractivity contribution is 0.0697. The fourth-order valence-electron chi connectivity index (χ4n) is 1.36. The molecule has 17 heavy (non-hydrogen) atoms. The van der Waals surface area contributed by atoms with Crippen molar-refractivity contribution >= 4 is 28.8 Å². The van der Waals surface area contributed by atoms with E-state index >= 15 is 0 Å². The number of nitrogens with two attached hydrogens (primary N) is 1. The van der Waals surface area contributed by atoms with Crippen LogP contribution in [0.3, 0.4) is 0 Å². The molecule has 2 aromatic rings. The monoisotopic (exact) mass is 249 g/mol. The van der Waals surface area contributed by atoms with E-state index in [0.717, 1.165) is 5.56 Å². The zero-order valence-corrected chi connectivity index (χ0v) is 9.70. The lowest BCUT2D eigenvalue weighted by Crippen LogP contribution is -2.08. The number of nitrogen functional groups attached to an aromatic ring is 1. The van der Waals surface area contributed by atoms with Crippen LogP contribution >= 0.6 is 11.3 Å². The number of carbonyl (C=O) groups is 1. The summed E-state index contributed by atoms with van der Waals surface area (Å²) in [5.41, 5.74) is 7.01. The van der Waals surface area contributed by atoms with Crippen LogP contribution in [0.15, 0.2) is 29.1 Å². The molecular formula is C11H11N3O2S. The predicted octanol–water partition coefficient (Wildman–Crippen LogP) is 2.04. The molecule has 2 rings (SSSR count). The van der Waals surface area contributed by atoms with Gasteiger partial charge in [0.2, 0.25) is 0 Å². The lowest BCUT2D eigenvalue weighted by atomic mass is 10.2. The third kappa shape index (κ3) is 2.73. The van der Waals surface area contributed by atoms with Crippen LogP contribution in [0.4, 0.5) is 11.5 Å². The van der Waals surface area contributed by atoms with Crippen molar-refractivity contribution in [2.45, 2.75) is 6.54 Å². The number of hydrogen-bond donors (Lipinski definition) is 3. The number of aromatic nitrogens is 1. The first-order chi connectivity index (χ1) is 8.16. The number of carboxylic acid groups (broad SMARTS) is 1. The maximum atomic E-state index is 11.0. The van der Waals surface area contributed by atoms with Crippen molar-refractivity contribution in [1.29, 1.82) is 0 Å². The van der Waals surface area contributed by atoms with Gasteiger partial charge in [-0.25, -0.2) is 9.78 Å². The van der Waals surface area contributed by atoms with E-state index in [4.69, 9.17) is 10.8 Å². The maximum Gasteiger partial charge on any atom is 0.339 e. The summed E-state index contributed by atoms with van der Waals surface area (Å²) in [6.07, 6.45) is 1.43. The molecule has 0 unspecified atom stereocenters. The molecule has 6 heteroatoms. The Kier molecular flexibility index (Phi) is 3.24. The largest absolute Gasteiger partial charge is 0.478 e. The molecule has 0 saturated heterocycles. The highest BCUT2D eigenvalue weighted by molar-refractivity contribution is 7.07. The number of carboxylic acids is 1. The summed E-state index contributed by atoms with van der Waals surface area (Å²) in [6, 6.07) is 3.36. The fourth-order valence-corrected chi connectivity index (χ4v) is 2.03. The Labute approximate surface area is 102 Å². The fraction of sp³-hybridized carbons (Fsp3) is 0.0909. The second-order valence-corrected chi connectivity index (χ2v) is 4.24. The van der Waals surface area contributed by atoms with Crippen molar-refractivity contribution in [3.63, 3.8) is 0 Å². The Morgan fingerprint density at radius 2 is 2.41 bits per heavy atom. The topological polar surface area (TPSA) is 88.2 Å². The van der Waals surface area contributed by atoms with Gasteiger partial charge in [0.05, 0.1) is 11.9 Å².